The lowest BCUT2D eigenvalue weighted by atomic mass is 10.0. The Morgan fingerprint density at radius 2 is 1.72 bits per heavy atom. The largest absolute Gasteiger partial charge is 0.477 e. The van der Waals surface area contributed by atoms with Gasteiger partial charge in [-0.05, 0) is 23.3 Å². The molecular weight excluding hydrogens is 234 g/mol. The molecule has 0 fully saturated rings. The van der Waals surface area contributed by atoms with Gasteiger partial charge in [-0.25, -0.2) is 9.78 Å². The van der Waals surface area contributed by atoms with E-state index in [2.05, 4.69) is 4.98 Å². The maximum atomic E-state index is 10.9. The zero-order chi connectivity index (χ0) is 13.1. The molecule has 3 N–H and O–H groups in total. The van der Waals surface area contributed by atoms with Crippen LogP contribution >= 0.6 is 0 Å². The van der Waals surface area contributed by atoms with E-state index in [-0.39, 0.29) is 11.4 Å². The van der Waals surface area contributed by atoms with Gasteiger partial charge >= 0.3 is 5.97 Å². The topological polar surface area (TPSA) is 90.7 Å². The monoisotopic (exact) mass is 245 g/mol. The van der Waals surface area contributed by atoms with Crippen LogP contribution in [0.1, 0.15) is 22.5 Å². The summed E-state index contributed by atoms with van der Waals surface area (Å²) in [5.41, 5.74) is 1.05. The number of aliphatic hydroxyl groups excluding tert-OH is 1. The minimum absolute atomic E-state index is 0.0891. The van der Waals surface area contributed by atoms with E-state index in [0.29, 0.717) is 5.56 Å². The first-order valence-electron chi connectivity index (χ1n) is 5.25. The average molecular weight is 245 g/mol. The van der Waals surface area contributed by atoms with E-state index in [1.807, 2.05) is 18.2 Å². The lowest BCUT2D eigenvalue weighted by Crippen LogP contribution is -2.06. The summed E-state index contributed by atoms with van der Waals surface area (Å²) in [6.45, 7) is 0. The fraction of sp³-hybridized carbons (Fsp3) is 0.0769. The van der Waals surface area contributed by atoms with Gasteiger partial charge in [-0.15, -0.1) is 0 Å². The molecular formula is C13H11NO4. The quantitative estimate of drug-likeness (QED) is 0.711. The molecule has 1 aromatic carbocycles. The standard InChI is InChI=1S/C13H11NO4/c15-12(16)10-6-9(7-11(14-10)13(17)18)8-4-2-1-3-5-8/h1-7,12,15-16H,(H,17,18). The second-order valence-corrected chi connectivity index (χ2v) is 3.71. The van der Waals surface area contributed by atoms with Gasteiger partial charge in [0, 0.05) is 0 Å². The molecule has 2 aromatic rings. The van der Waals surface area contributed by atoms with Crippen molar-refractivity contribution in [3.63, 3.8) is 0 Å². The molecule has 1 heterocycles. The Hall–Kier alpha value is -2.24. The van der Waals surface area contributed by atoms with Crippen molar-refractivity contribution in [2.24, 2.45) is 0 Å². The lowest BCUT2D eigenvalue weighted by molar-refractivity contribution is -0.0458. The molecule has 0 atom stereocenters. The molecule has 0 radical (unpaired) electrons. The molecule has 1 aromatic heterocycles. The van der Waals surface area contributed by atoms with E-state index in [1.54, 1.807) is 12.1 Å². The predicted molar refractivity (Wildman–Crippen MR) is 63.8 cm³/mol. The number of hydrogen-bond acceptors (Lipinski definition) is 4. The van der Waals surface area contributed by atoms with E-state index >= 15 is 0 Å². The van der Waals surface area contributed by atoms with Crippen molar-refractivity contribution in [3.05, 3.63) is 53.9 Å². The predicted octanol–water partition coefficient (Wildman–Crippen LogP) is 1.43. The molecule has 0 bridgehead atoms. The van der Waals surface area contributed by atoms with Crippen LogP contribution in [0.3, 0.4) is 0 Å². The number of hydrogen-bond donors (Lipinski definition) is 3. The molecule has 5 nitrogen and oxygen atoms in total. The summed E-state index contributed by atoms with van der Waals surface area (Å²) < 4.78 is 0. The van der Waals surface area contributed by atoms with Gasteiger partial charge in [-0.2, -0.15) is 0 Å². The lowest BCUT2D eigenvalue weighted by Gasteiger charge is -2.08. The molecule has 0 unspecified atom stereocenters. The third-order valence-electron chi connectivity index (χ3n) is 2.44. The first-order valence-corrected chi connectivity index (χ1v) is 5.25. The number of aromatic nitrogens is 1. The fourth-order valence-corrected chi connectivity index (χ4v) is 1.59. The van der Waals surface area contributed by atoms with Crippen LogP contribution in [0.5, 0.6) is 0 Å². The Kier molecular flexibility index (Phi) is 3.36. The molecule has 2 rings (SSSR count). The summed E-state index contributed by atoms with van der Waals surface area (Å²) in [6.07, 6.45) is -1.80. The number of rotatable bonds is 3. The normalized spacial score (nSPS) is 10.6. The Bertz CT molecular complexity index is 566. The van der Waals surface area contributed by atoms with E-state index in [0.717, 1.165) is 5.56 Å². The number of aliphatic hydroxyl groups is 2. The maximum absolute atomic E-state index is 10.9. The summed E-state index contributed by atoms with van der Waals surface area (Å²) in [5, 5.41) is 27.1. The van der Waals surface area contributed by atoms with Crippen LogP contribution in [-0.2, 0) is 0 Å². The number of benzene rings is 1. The van der Waals surface area contributed by atoms with Crippen molar-refractivity contribution in [3.8, 4) is 11.1 Å². The SMILES string of the molecule is O=C(O)c1cc(-c2ccccc2)cc(C(O)O)n1. The number of carbonyl (C=O) groups is 1. The van der Waals surface area contributed by atoms with Gasteiger partial charge in [0.15, 0.2) is 6.29 Å². The molecule has 18 heavy (non-hydrogen) atoms. The van der Waals surface area contributed by atoms with Gasteiger partial charge in [-0.3, -0.25) is 0 Å². The smallest absolute Gasteiger partial charge is 0.354 e. The zero-order valence-corrected chi connectivity index (χ0v) is 9.32. The second kappa shape index (κ2) is 4.95. The highest BCUT2D eigenvalue weighted by Crippen LogP contribution is 2.22. The molecule has 0 saturated carbocycles. The summed E-state index contributed by atoms with van der Waals surface area (Å²) in [6, 6.07) is 11.9. The zero-order valence-electron chi connectivity index (χ0n) is 9.32. The summed E-state index contributed by atoms with van der Waals surface area (Å²) in [4.78, 5) is 14.6. The minimum Gasteiger partial charge on any atom is -0.477 e. The third-order valence-corrected chi connectivity index (χ3v) is 2.44. The van der Waals surface area contributed by atoms with E-state index in [1.165, 1.54) is 12.1 Å². The number of carboxylic acid groups (broad SMARTS) is 1. The van der Waals surface area contributed by atoms with Crippen molar-refractivity contribution in [2.75, 3.05) is 0 Å². The van der Waals surface area contributed by atoms with Crippen molar-refractivity contribution >= 4 is 5.97 Å². The van der Waals surface area contributed by atoms with Crippen molar-refractivity contribution in [2.45, 2.75) is 6.29 Å². The number of aromatic carboxylic acids is 1. The summed E-state index contributed by atoms with van der Waals surface area (Å²) in [7, 11) is 0. The van der Waals surface area contributed by atoms with Crippen LogP contribution in [0.15, 0.2) is 42.5 Å². The van der Waals surface area contributed by atoms with E-state index < -0.39 is 12.3 Å². The van der Waals surface area contributed by atoms with Crippen LogP contribution < -0.4 is 0 Å². The second-order valence-electron chi connectivity index (χ2n) is 3.71. The van der Waals surface area contributed by atoms with Gasteiger partial charge in [-0.1, -0.05) is 30.3 Å². The van der Waals surface area contributed by atoms with Crippen molar-refractivity contribution in [1.29, 1.82) is 0 Å². The minimum atomic E-state index is -1.80. The number of nitrogens with zero attached hydrogens (tertiary/aromatic N) is 1. The van der Waals surface area contributed by atoms with Gasteiger partial charge in [0.1, 0.15) is 5.69 Å². The van der Waals surface area contributed by atoms with Gasteiger partial charge in [0.05, 0.1) is 5.69 Å². The van der Waals surface area contributed by atoms with Crippen molar-refractivity contribution in [1.82, 2.24) is 4.98 Å². The highest BCUT2D eigenvalue weighted by molar-refractivity contribution is 5.87. The molecule has 5 heteroatoms. The van der Waals surface area contributed by atoms with Crippen LogP contribution in [0, 0.1) is 0 Å². The van der Waals surface area contributed by atoms with Crippen molar-refractivity contribution < 1.29 is 20.1 Å². The van der Waals surface area contributed by atoms with Gasteiger partial charge in [0.2, 0.25) is 0 Å². The van der Waals surface area contributed by atoms with E-state index in [9.17, 15) is 4.79 Å². The van der Waals surface area contributed by atoms with Crippen LogP contribution in [0.2, 0.25) is 0 Å². The Morgan fingerprint density at radius 3 is 2.28 bits per heavy atom. The molecule has 0 saturated heterocycles. The van der Waals surface area contributed by atoms with Gasteiger partial charge < -0.3 is 15.3 Å². The highest BCUT2D eigenvalue weighted by atomic mass is 16.5. The molecule has 0 aliphatic rings. The number of pyridine rings is 1. The molecule has 0 spiro atoms. The van der Waals surface area contributed by atoms with Crippen LogP contribution in [0.25, 0.3) is 11.1 Å². The molecule has 0 aliphatic heterocycles. The summed E-state index contributed by atoms with van der Waals surface area (Å²) in [5.74, 6) is -1.21. The van der Waals surface area contributed by atoms with Crippen LogP contribution in [-0.4, -0.2) is 26.3 Å². The van der Waals surface area contributed by atoms with Gasteiger partial charge in [0.25, 0.3) is 0 Å². The maximum Gasteiger partial charge on any atom is 0.354 e. The Morgan fingerprint density at radius 1 is 1.06 bits per heavy atom. The Balaban J connectivity index is 2.57. The molecule has 0 amide bonds. The van der Waals surface area contributed by atoms with Crippen LogP contribution in [0.4, 0.5) is 0 Å². The summed E-state index contributed by atoms with van der Waals surface area (Å²) >= 11 is 0. The highest BCUT2D eigenvalue weighted by Gasteiger charge is 2.13. The third kappa shape index (κ3) is 2.53. The van der Waals surface area contributed by atoms with E-state index in [4.69, 9.17) is 15.3 Å². The average Bonchev–Trinajstić information content (AvgIpc) is 2.39. The number of carboxylic acids is 1. The molecule has 92 valence electrons. The Labute approximate surface area is 103 Å². The fourth-order valence-electron chi connectivity index (χ4n) is 1.59. The first-order chi connectivity index (χ1) is 8.58. The first kappa shape index (κ1) is 12.2. The molecule has 0 aliphatic carbocycles.